The monoisotopic (exact) mass is 450 g/mol. The number of carbonyl (C=O) groups is 1. The summed E-state index contributed by atoms with van der Waals surface area (Å²) >= 11 is 2.98. The zero-order valence-electron chi connectivity index (χ0n) is 17.3. The van der Waals surface area contributed by atoms with Gasteiger partial charge < -0.3 is 5.32 Å². The van der Waals surface area contributed by atoms with E-state index in [0.717, 1.165) is 40.9 Å². The SMILES string of the molecule is CC1CCc2c(sc3ncn(C(C)C(=O)Nc4nc(-c5ccccc5)cs4)c(=O)c23)C1. The lowest BCUT2D eigenvalue weighted by atomic mass is 9.89. The Balaban J connectivity index is 1.40. The van der Waals surface area contributed by atoms with Crippen molar-refractivity contribution in [1.82, 2.24) is 14.5 Å². The van der Waals surface area contributed by atoms with Crippen molar-refractivity contribution in [3.05, 3.63) is 62.8 Å². The number of aromatic nitrogens is 3. The second-order valence-electron chi connectivity index (χ2n) is 8.06. The standard InChI is InChI=1S/C23H22N4O2S2/c1-13-8-9-16-18(10-13)31-21-19(16)22(29)27(12-24-21)14(2)20(28)26-23-25-17(11-30-23)15-6-4-3-5-7-15/h3-7,11-14H,8-10H2,1-2H3,(H,25,26,28). The Morgan fingerprint density at radius 1 is 1.29 bits per heavy atom. The fourth-order valence-corrected chi connectivity index (χ4v) is 6.09. The Hall–Kier alpha value is -2.84. The first kappa shape index (κ1) is 20.1. The minimum atomic E-state index is -0.688. The van der Waals surface area contributed by atoms with Gasteiger partial charge in [0.2, 0.25) is 5.91 Å². The van der Waals surface area contributed by atoms with E-state index >= 15 is 0 Å². The molecule has 1 aliphatic carbocycles. The van der Waals surface area contributed by atoms with Crippen molar-refractivity contribution in [2.24, 2.45) is 5.92 Å². The van der Waals surface area contributed by atoms with E-state index in [4.69, 9.17) is 0 Å². The summed E-state index contributed by atoms with van der Waals surface area (Å²) in [6.07, 6.45) is 4.48. The molecular weight excluding hydrogens is 428 g/mol. The Morgan fingerprint density at radius 2 is 2.10 bits per heavy atom. The highest BCUT2D eigenvalue weighted by atomic mass is 32.1. The molecule has 1 N–H and O–H groups in total. The van der Waals surface area contributed by atoms with Crippen LogP contribution in [0.2, 0.25) is 0 Å². The van der Waals surface area contributed by atoms with E-state index in [0.29, 0.717) is 16.4 Å². The van der Waals surface area contributed by atoms with Crippen LogP contribution in [0.15, 0.2) is 46.8 Å². The molecule has 3 heterocycles. The molecule has 1 aliphatic rings. The van der Waals surface area contributed by atoms with Crippen LogP contribution in [0.25, 0.3) is 21.5 Å². The summed E-state index contributed by atoms with van der Waals surface area (Å²) in [5, 5.41) is 5.96. The number of amides is 1. The molecule has 8 heteroatoms. The fourth-order valence-electron chi connectivity index (χ4n) is 4.03. The normalized spacial score (nSPS) is 16.8. The number of rotatable bonds is 4. The maximum atomic E-state index is 13.3. The minimum Gasteiger partial charge on any atom is -0.300 e. The van der Waals surface area contributed by atoms with Gasteiger partial charge in [-0.25, -0.2) is 9.97 Å². The minimum absolute atomic E-state index is 0.135. The molecule has 4 aromatic rings. The summed E-state index contributed by atoms with van der Waals surface area (Å²) < 4.78 is 1.44. The number of hydrogen-bond acceptors (Lipinski definition) is 6. The van der Waals surface area contributed by atoms with Crippen molar-refractivity contribution in [2.45, 2.75) is 39.2 Å². The summed E-state index contributed by atoms with van der Waals surface area (Å²) in [5.41, 5.74) is 2.80. The third kappa shape index (κ3) is 3.70. The zero-order valence-corrected chi connectivity index (χ0v) is 18.9. The summed E-state index contributed by atoms with van der Waals surface area (Å²) in [5.74, 6) is 0.349. The average Bonchev–Trinajstić information content (AvgIpc) is 3.38. The number of hydrogen-bond donors (Lipinski definition) is 1. The van der Waals surface area contributed by atoms with Gasteiger partial charge in [0.25, 0.3) is 5.56 Å². The molecule has 158 valence electrons. The first-order valence-electron chi connectivity index (χ1n) is 10.3. The molecule has 1 aromatic carbocycles. The lowest BCUT2D eigenvalue weighted by Crippen LogP contribution is -2.32. The molecule has 0 spiro atoms. The maximum absolute atomic E-state index is 13.3. The van der Waals surface area contributed by atoms with Crippen molar-refractivity contribution in [3.8, 4) is 11.3 Å². The van der Waals surface area contributed by atoms with E-state index in [2.05, 4.69) is 22.2 Å². The van der Waals surface area contributed by atoms with Crippen LogP contribution in [0, 0.1) is 5.92 Å². The molecular formula is C23H22N4O2S2. The Morgan fingerprint density at radius 3 is 2.90 bits per heavy atom. The molecule has 0 saturated carbocycles. The van der Waals surface area contributed by atoms with Gasteiger partial charge in [-0.3, -0.25) is 14.2 Å². The molecule has 0 aliphatic heterocycles. The maximum Gasteiger partial charge on any atom is 0.263 e. The smallest absolute Gasteiger partial charge is 0.263 e. The lowest BCUT2D eigenvalue weighted by Gasteiger charge is -2.18. The Bertz CT molecular complexity index is 1320. The van der Waals surface area contributed by atoms with Gasteiger partial charge in [-0.15, -0.1) is 22.7 Å². The highest BCUT2D eigenvalue weighted by Crippen LogP contribution is 2.35. The molecule has 31 heavy (non-hydrogen) atoms. The molecule has 2 atom stereocenters. The molecule has 0 radical (unpaired) electrons. The first-order valence-corrected chi connectivity index (χ1v) is 12.0. The second kappa shape index (κ2) is 8.01. The number of benzene rings is 1. The molecule has 1 amide bonds. The predicted molar refractivity (Wildman–Crippen MR) is 126 cm³/mol. The quantitative estimate of drug-likeness (QED) is 0.479. The van der Waals surface area contributed by atoms with Crippen molar-refractivity contribution in [1.29, 1.82) is 0 Å². The van der Waals surface area contributed by atoms with Gasteiger partial charge in [0.05, 0.1) is 17.4 Å². The van der Waals surface area contributed by atoms with Crippen LogP contribution < -0.4 is 10.9 Å². The van der Waals surface area contributed by atoms with Crippen LogP contribution in [0.4, 0.5) is 5.13 Å². The third-order valence-electron chi connectivity index (χ3n) is 5.84. The third-order valence-corrected chi connectivity index (χ3v) is 7.76. The van der Waals surface area contributed by atoms with Gasteiger partial charge in [-0.1, -0.05) is 37.3 Å². The average molecular weight is 451 g/mol. The summed E-state index contributed by atoms with van der Waals surface area (Å²) in [7, 11) is 0. The van der Waals surface area contributed by atoms with Crippen molar-refractivity contribution >= 4 is 43.9 Å². The number of anilines is 1. The molecule has 0 saturated heterocycles. The van der Waals surface area contributed by atoms with Gasteiger partial charge in [0.15, 0.2) is 5.13 Å². The van der Waals surface area contributed by atoms with Gasteiger partial charge in [-0.05, 0) is 37.7 Å². The molecule has 0 fully saturated rings. The molecule has 5 rings (SSSR count). The van der Waals surface area contributed by atoms with Crippen molar-refractivity contribution < 1.29 is 4.79 Å². The van der Waals surface area contributed by atoms with Crippen LogP contribution in [-0.4, -0.2) is 20.4 Å². The van der Waals surface area contributed by atoms with Crippen molar-refractivity contribution in [2.75, 3.05) is 5.32 Å². The molecule has 0 bridgehead atoms. The Labute approximate surface area is 187 Å². The number of fused-ring (bicyclic) bond motifs is 3. The second-order valence-corrected chi connectivity index (χ2v) is 10.00. The number of carbonyl (C=O) groups excluding carboxylic acids is 1. The van der Waals surface area contributed by atoms with Crippen LogP contribution in [0.3, 0.4) is 0 Å². The van der Waals surface area contributed by atoms with E-state index in [9.17, 15) is 9.59 Å². The van der Waals surface area contributed by atoms with Crippen LogP contribution in [0.5, 0.6) is 0 Å². The highest BCUT2D eigenvalue weighted by Gasteiger charge is 2.25. The van der Waals surface area contributed by atoms with Gasteiger partial charge in [0, 0.05) is 15.8 Å². The number of nitrogens with zero attached hydrogens (tertiary/aromatic N) is 3. The number of nitrogens with one attached hydrogen (secondary N) is 1. The molecule has 6 nitrogen and oxygen atoms in total. The van der Waals surface area contributed by atoms with E-state index in [1.165, 1.54) is 27.1 Å². The molecule has 3 aromatic heterocycles. The molecule has 2 unspecified atom stereocenters. The van der Waals surface area contributed by atoms with E-state index in [1.54, 1.807) is 18.3 Å². The van der Waals surface area contributed by atoms with Crippen LogP contribution in [0.1, 0.15) is 36.8 Å². The largest absolute Gasteiger partial charge is 0.300 e. The van der Waals surface area contributed by atoms with Crippen LogP contribution >= 0.6 is 22.7 Å². The fraction of sp³-hybridized carbons (Fsp3) is 0.304. The lowest BCUT2D eigenvalue weighted by molar-refractivity contribution is -0.118. The summed E-state index contributed by atoms with van der Waals surface area (Å²) in [6.45, 7) is 3.96. The van der Waals surface area contributed by atoms with E-state index < -0.39 is 6.04 Å². The van der Waals surface area contributed by atoms with E-state index in [-0.39, 0.29) is 11.5 Å². The summed E-state index contributed by atoms with van der Waals surface area (Å²) in [6, 6.07) is 9.13. The number of thiazole rings is 1. The topological polar surface area (TPSA) is 76.9 Å². The van der Waals surface area contributed by atoms with Gasteiger partial charge >= 0.3 is 0 Å². The number of thiophene rings is 1. The highest BCUT2D eigenvalue weighted by molar-refractivity contribution is 7.18. The zero-order chi connectivity index (χ0) is 21.5. The Kier molecular flexibility index (Phi) is 5.19. The number of aryl methyl sites for hydroxylation is 1. The van der Waals surface area contributed by atoms with Crippen molar-refractivity contribution in [3.63, 3.8) is 0 Å². The van der Waals surface area contributed by atoms with Crippen LogP contribution in [-0.2, 0) is 17.6 Å². The van der Waals surface area contributed by atoms with Gasteiger partial charge in [0.1, 0.15) is 10.9 Å². The summed E-state index contributed by atoms with van der Waals surface area (Å²) in [4.78, 5) is 37.2. The first-order chi connectivity index (χ1) is 15.0. The predicted octanol–water partition coefficient (Wildman–Crippen LogP) is 4.91. The van der Waals surface area contributed by atoms with E-state index in [1.807, 2.05) is 35.7 Å². The van der Waals surface area contributed by atoms with Gasteiger partial charge in [-0.2, -0.15) is 0 Å².